The first-order valence-corrected chi connectivity index (χ1v) is 6.44. The van der Waals surface area contributed by atoms with E-state index in [0.29, 0.717) is 6.42 Å². The van der Waals surface area contributed by atoms with Crippen molar-refractivity contribution in [2.75, 3.05) is 6.61 Å². The predicted octanol–water partition coefficient (Wildman–Crippen LogP) is 1.41. The molecule has 0 saturated carbocycles. The summed E-state index contributed by atoms with van der Waals surface area (Å²) in [5.41, 5.74) is 0.117. The smallest absolute Gasteiger partial charge is 0.368 e. The third-order valence-corrected chi connectivity index (χ3v) is 3.36. The average molecular weight is 298 g/mol. The summed E-state index contributed by atoms with van der Waals surface area (Å²) in [5, 5.41) is 18.4. The van der Waals surface area contributed by atoms with Crippen LogP contribution in [0.15, 0.2) is 24.3 Å². The van der Waals surface area contributed by atoms with Gasteiger partial charge >= 0.3 is 17.9 Å². The number of carboxylic acids is 2. The largest absolute Gasteiger partial charge is 0.481 e. The molecule has 0 aromatic carbocycles. The molecule has 0 radical (unpaired) electrons. The molecule has 0 aromatic heterocycles. The minimum atomic E-state index is -1.19. The summed E-state index contributed by atoms with van der Waals surface area (Å²) < 4.78 is 0. The van der Waals surface area contributed by atoms with Crippen LogP contribution < -0.4 is 0 Å². The van der Waals surface area contributed by atoms with E-state index in [1.807, 2.05) is 0 Å². The number of hydrogen-bond donors (Lipinski definition) is 2. The quantitative estimate of drug-likeness (QED) is 0.316. The fourth-order valence-corrected chi connectivity index (χ4v) is 2.17. The molecule has 0 bridgehead atoms. The van der Waals surface area contributed by atoms with Gasteiger partial charge in [0.15, 0.2) is 0 Å². The monoisotopic (exact) mass is 298 g/mol. The second-order valence-corrected chi connectivity index (χ2v) is 4.93. The van der Waals surface area contributed by atoms with Crippen molar-refractivity contribution >= 4 is 17.9 Å². The average Bonchev–Trinajstić information content (AvgIpc) is 2.42. The SMILES string of the molecule is C=C(C)C(=O)OOCC(C(=O)O)C1CC=CCC1C(=O)O. The van der Waals surface area contributed by atoms with Crippen molar-refractivity contribution in [3.63, 3.8) is 0 Å². The second kappa shape index (κ2) is 7.58. The maximum absolute atomic E-state index is 11.3. The van der Waals surface area contributed by atoms with Crippen LogP contribution in [0.2, 0.25) is 0 Å². The highest BCUT2D eigenvalue weighted by Crippen LogP contribution is 2.32. The first kappa shape index (κ1) is 16.9. The Kier molecular flexibility index (Phi) is 6.10. The summed E-state index contributed by atoms with van der Waals surface area (Å²) in [6.07, 6.45) is 4.07. The van der Waals surface area contributed by atoms with Gasteiger partial charge in [-0.2, -0.15) is 4.89 Å². The van der Waals surface area contributed by atoms with Crippen LogP contribution in [0.25, 0.3) is 0 Å². The molecule has 3 atom stereocenters. The maximum Gasteiger partial charge on any atom is 0.368 e. The molecule has 3 unspecified atom stereocenters. The Morgan fingerprint density at radius 1 is 1.29 bits per heavy atom. The van der Waals surface area contributed by atoms with Crippen LogP contribution in [0.4, 0.5) is 0 Å². The number of allylic oxidation sites excluding steroid dienone is 2. The number of hydrogen-bond acceptors (Lipinski definition) is 5. The van der Waals surface area contributed by atoms with E-state index in [2.05, 4.69) is 16.4 Å². The molecule has 1 aliphatic rings. The summed E-state index contributed by atoms with van der Waals surface area (Å²) in [5.74, 6) is -5.51. The fourth-order valence-electron chi connectivity index (χ4n) is 2.17. The van der Waals surface area contributed by atoms with Crippen LogP contribution in [-0.2, 0) is 24.2 Å². The Hall–Kier alpha value is -2.15. The number of rotatable bonds is 7. The van der Waals surface area contributed by atoms with E-state index in [1.54, 1.807) is 12.2 Å². The highest BCUT2D eigenvalue weighted by atomic mass is 17.2. The van der Waals surface area contributed by atoms with Crippen LogP contribution in [0.5, 0.6) is 0 Å². The van der Waals surface area contributed by atoms with Crippen LogP contribution >= 0.6 is 0 Å². The highest BCUT2D eigenvalue weighted by molar-refractivity contribution is 5.86. The lowest BCUT2D eigenvalue weighted by molar-refractivity contribution is -0.276. The normalized spacial score (nSPS) is 22.3. The van der Waals surface area contributed by atoms with Gasteiger partial charge in [0.25, 0.3) is 0 Å². The van der Waals surface area contributed by atoms with E-state index in [9.17, 15) is 19.5 Å². The molecule has 0 fully saturated rings. The van der Waals surface area contributed by atoms with Crippen LogP contribution in [-0.4, -0.2) is 34.7 Å². The van der Waals surface area contributed by atoms with Crippen molar-refractivity contribution in [3.05, 3.63) is 24.3 Å². The van der Waals surface area contributed by atoms with Gasteiger partial charge in [-0.1, -0.05) is 18.7 Å². The van der Waals surface area contributed by atoms with Crippen molar-refractivity contribution in [2.45, 2.75) is 19.8 Å². The zero-order valence-electron chi connectivity index (χ0n) is 11.7. The van der Waals surface area contributed by atoms with Gasteiger partial charge < -0.3 is 10.2 Å². The lowest BCUT2D eigenvalue weighted by Crippen LogP contribution is -2.37. The van der Waals surface area contributed by atoms with Gasteiger partial charge in [-0.15, -0.1) is 0 Å². The number of aliphatic carboxylic acids is 2. The molecule has 116 valence electrons. The van der Waals surface area contributed by atoms with Gasteiger partial charge in [0.2, 0.25) is 0 Å². The molecule has 7 nitrogen and oxygen atoms in total. The Balaban J connectivity index is 2.70. The second-order valence-electron chi connectivity index (χ2n) is 4.93. The molecule has 2 N–H and O–H groups in total. The Morgan fingerprint density at radius 2 is 1.90 bits per heavy atom. The van der Waals surface area contributed by atoms with Gasteiger partial charge in [0, 0.05) is 5.57 Å². The van der Waals surface area contributed by atoms with E-state index in [-0.39, 0.29) is 12.0 Å². The highest BCUT2D eigenvalue weighted by Gasteiger charge is 2.38. The molecule has 0 heterocycles. The molecule has 0 amide bonds. The zero-order chi connectivity index (χ0) is 16.0. The van der Waals surface area contributed by atoms with Crippen LogP contribution in [0, 0.1) is 17.8 Å². The van der Waals surface area contributed by atoms with Crippen LogP contribution in [0.1, 0.15) is 19.8 Å². The van der Waals surface area contributed by atoms with E-state index < -0.39 is 42.3 Å². The van der Waals surface area contributed by atoms with Gasteiger partial charge in [-0.05, 0) is 25.7 Å². The van der Waals surface area contributed by atoms with E-state index >= 15 is 0 Å². The zero-order valence-corrected chi connectivity index (χ0v) is 11.7. The van der Waals surface area contributed by atoms with Crippen molar-refractivity contribution < 1.29 is 34.4 Å². The molecular weight excluding hydrogens is 280 g/mol. The summed E-state index contributed by atoms with van der Waals surface area (Å²) >= 11 is 0. The van der Waals surface area contributed by atoms with Crippen LogP contribution in [0.3, 0.4) is 0 Å². The van der Waals surface area contributed by atoms with Crippen molar-refractivity contribution in [2.24, 2.45) is 17.8 Å². The van der Waals surface area contributed by atoms with Crippen molar-refractivity contribution in [1.82, 2.24) is 0 Å². The number of carbonyl (C=O) groups is 3. The fraction of sp³-hybridized carbons (Fsp3) is 0.500. The minimum absolute atomic E-state index is 0.117. The lowest BCUT2D eigenvalue weighted by atomic mass is 9.75. The third-order valence-electron chi connectivity index (χ3n) is 3.36. The summed E-state index contributed by atoms with van der Waals surface area (Å²) in [7, 11) is 0. The van der Waals surface area contributed by atoms with E-state index in [1.165, 1.54) is 6.92 Å². The molecule has 0 saturated heterocycles. The topological polar surface area (TPSA) is 110 Å². The van der Waals surface area contributed by atoms with Gasteiger partial charge in [0.1, 0.15) is 6.61 Å². The van der Waals surface area contributed by atoms with Gasteiger partial charge in [0.05, 0.1) is 11.8 Å². The lowest BCUT2D eigenvalue weighted by Gasteiger charge is -2.29. The molecule has 0 spiro atoms. The van der Waals surface area contributed by atoms with Gasteiger partial charge in [-0.3, -0.25) is 14.5 Å². The summed E-state index contributed by atoms with van der Waals surface area (Å²) in [4.78, 5) is 42.7. The molecule has 0 aliphatic heterocycles. The van der Waals surface area contributed by atoms with Crippen molar-refractivity contribution in [3.8, 4) is 0 Å². The minimum Gasteiger partial charge on any atom is -0.481 e. The maximum atomic E-state index is 11.3. The van der Waals surface area contributed by atoms with E-state index in [0.717, 1.165) is 0 Å². The predicted molar refractivity (Wildman–Crippen MR) is 71.0 cm³/mol. The molecular formula is C14H18O7. The van der Waals surface area contributed by atoms with Crippen molar-refractivity contribution in [1.29, 1.82) is 0 Å². The molecule has 1 aliphatic carbocycles. The molecule has 0 aromatic rings. The summed E-state index contributed by atoms with van der Waals surface area (Å²) in [6, 6.07) is 0. The van der Waals surface area contributed by atoms with Gasteiger partial charge in [-0.25, -0.2) is 4.79 Å². The first-order chi connectivity index (χ1) is 9.84. The molecule has 21 heavy (non-hydrogen) atoms. The first-order valence-electron chi connectivity index (χ1n) is 6.44. The number of carbonyl (C=O) groups excluding carboxylic acids is 1. The molecule has 1 rings (SSSR count). The third kappa shape index (κ3) is 4.71. The summed E-state index contributed by atoms with van der Waals surface area (Å²) in [6.45, 7) is 4.37. The van der Waals surface area contributed by atoms with E-state index in [4.69, 9.17) is 5.11 Å². The number of carboxylic acid groups (broad SMARTS) is 2. The Bertz CT molecular complexity index is 466. The Morgan fingerprint density at radius 3 is 2.43 bits per heavy atom. The molecule has 7 heteroatoms. The Labute approximate surface area is 121 Å². The standard InChI is InChI=1S/C14H18O7/c1-8(2)14(19)21-20-7-11(13(17)18)9-5-3-4-6-10(9)12(15)16/h3-4,9-11H,1,5-7H2,2H3,(H,15,16)(H,17,18).